The van der Waals surface area contributed by atoms with Gasteiger partial charge in [-0.2, -0.15) is 13.2 Å². The van der Waals surface area contributed by atoms with Gasteiger partial charge in [0.05, 0.1) is 13.7 Å². The number of guanidine groups is 1. The fraction of sp³-hybridized carbons (Fsp3) is 0.333. The van der Waals surface area contributed by atoms with Crippen molar-refractivity contribution in [1.82, 2.24) is 15.6 Å². The fourth-order valence-corrected chi connectivity index (χ4v) is 2.65. The molecular weight excluding hydrogens is 484 g/mol. The molecule has 0 fully saturated rings. The average molecular weight is 502 g/mol. The number of rotatable bonds is 5. The number of aromatic nitrogens is 1. The zero-order valence-corrected chi connectivity index (χ0v) is 17.1. The van der Waals surface area contributed by atoms with Crippen molar-refractivity contribution in [2.45, 2.75) is 19.3 Å². The number of phenols is 1. The lowest BCUT2D eigenvalue weighted by Gasteiger charge is -2.12. The molecule has 0 saturated heterocycles. The van der Waals surface area contributed by atoms with E-state index in [9.17, 15) is 18.3 Å². The van der Waals surface area contributed by atoms with Gasteiger partial charge >= 0.3 is 6.18 Å². The van der Waals surface area contributed by atoms with Crippen LogP contribution >= 0.6 is 35.3 Å². The highest BCUT2D eigenvalue weighted by molar-refractivity contribution is 14.0. The minimum atomic E-state index is -4.45. The van der Waals surface area contributed by atoms with Gasteiger partial charge in [-0.15, -0.1) is 35.3 Å². The van der Waals surface area contributed by atoms with Crippen LogP contribution in [0.4, 0.5) is 13.2 Å². The van der Waals surface area contributed by atoms with Gasteiger partial charge in [-0.25, -0.2) is 4.98 Å². The van der Waals surface area contributed by atoms with Gasteiger partial charge in [0.2, 0.25) is 0 Å². The molecule has 1 aromatic heterocycles. The van der Waals surface area contributed by atoms with Crippen molar-refractivity contribution < 1.29 is 23.0 Å². The molecule has 3 N–H and O–H groups in total. The minimum Gasteiger partial charge on any atom is -0.508 e. The van der Waals surface area contributed by atoms with Gasteiger partial charge in [0, 0.05) is 24.5 Å². The molecule has 1 aromatic carbocycles. The van der Waals surface area contributed by atoms with Gasteiger partial charge in [-0.05, 0) is 18.2 Å². The number of thiazole rings is 1. The zero-order valence-electron chi connectivity index (χ0n) is 13.9. The third kappa shape index (κ3) is 6.20. The number of aromatic hydroxyl groups is 1. The molecule has 11 heteroatoms. The molecule has 0 aliphatic carbocycles. The van der Waals surface area contributed by atoms with Crippen molar-refractivity contribution in [3.05, 3.63) is 39.8 Å². The number of alkyl halides is 3. The standard InChI is InChI=1S/C15H17F3N4O2S.HI/c1-19-14(20-6-9-5-10(24-2)3-4-11(9)23)21-7-13-22-12(8-25-13)15(16,17)18;/h3-5,8,23H,6-7H2,1-2H3,(H2,19,20,21);1H. The molecule has 0 aliphatic heterocycles. The zero-order chi connectivity index (χ0) is 18.4. The van der Waals surface area contributed by atoms with Gasteiger partial charge in [0.25, 0.3) is 0 Å². The number of halogens is 4. The van der Waals surface area contributed by atoms with Crippen molar-refractivity contribution in [2.75, 3.05) is 14.2 Å². The summed E-state index contributed by atoms with van der Waals surface area (Å²) in [5.41, 5.74) is -0.311. The Bertz CT molecular complexity index is 753. The van der Waals surface area contributed by atoms with E-state index in [1.54, 1.807) is 12.1 Å². The maximum Gasteiger partial charge on any atom is 0.434 e. The number of phenolic OH excluding ortho intramolecular Hbond substituents is 1. The highest BCUT2D eigenvalue weighted by Gasteiger charge is 2.33. The van der Waals surface area contributed by atoms with Gasteiger partial charge < -0.3 is 20.5 Å². The number of benzene rings is 1. The first-order valence-electron chi connectivity index (χ1n) is 7.15. The largest absolute Gasteiger partial charge is 0.508 e. The quantitative estimate of drug-likeness (QED) is 0.332. The van der Waals surface area contributed by atoms with Crippen LogP contribution < -0.4 is 15.4 Å². The number of methoxy groups -OCH3 is 1. The Morgan fingerprint density at radius 2 is 2.00 bits per heavy atom. The second-order valence-electron chi connectivity index (χ2n) is 4.90. The Kier molecular flexibility index (Phi) is 8.40. The summed E-state index contributed by atoms with van der Waals surface area (Å²) in [6.45, 7) is 0.360. The summed E-state index contributed by atoms with van der Waals surface area (Å²) in [7, 11) is 3.05. The third-order valence-electron chi connectivity index (χ3n) is 3.21. The van der Waals surface area contributed by atoms with Crippen LogP contribution in [0.2, 0.25) is 0 Å². The average Bonchev–Trinajstić information content (AvgIpc) is 3.05. The second kappa shape index (κ2) is 9.80. The number of hydrogen-bond acceptors (Lipinski definition) is 5. The molecule has 0 aliphatic rings. The second-order valence-corrected chi connectivity index (χ2v) is 5.84. The van der Waals surface area contributed by atoms with E-state index in [0.29, 0.717) is 22.3 Å². The van der Waals surface area contributed by atoms with Crippen LogP contribution in [0.5, 0.6) is 11.5 Å². The first-order valence-corrected chi connectivity index (χ1v) is 8.03. The van der Waals surface area contributed by atoms with Crippen LogP contribution in [0.15, 0.2) is 28.6 Å². The van der Waals surface area contributed by atoms with Crippen LogP contribution in [0.3, 0.4) is 0 Å². The molecule has 144 valence electrons. The number of nitrogens with zero attached hydrogens (tertiary/aromatic N) is 2. The van der Waals surface area contributed by atoms with E-state index in [2.05, 4.69) is 20.6 Å². The molecule has 2 aromatic rings. The molecule has 0 spiro atoms. The Morgan fingerprint density at radius 1 is 1.31 bits per heavy atom. The molecule has 0 amide bonds. The van der Waals surface area contributed by atoms with Crippen molar-refractivity contribution in [1.29, 1.82) is 0 Å². The molecule has 1 heterocycles. The summed E-state index contributed by atoms with van der Waals surface area (Å²) in [5.74, 6) is 1.06. The molecule has 2 rings (SSSR count). The molecule has 0 saturated carbocycles. The SMILES string of the molecule is CN=C(NCc1nc(C(F)(F)F)cs1)NCc1cc(OC)ccc1O.I. The molecule has 0 bridgehead atoms. The lowest BCUT2D eigenvalue weighted by molar-refractivity contribution is -0.140. The first kappa shape index (κ1) is 22.3. The maximum absolute atomic E-state index is 12.5. The van der Waals surface area contributed by atoms with E-state index in [4.69, 9.17) is 4.74 Å². The van der Waals surface area contributed by atoms with Crippen molar-refractivity contribution >= 4 is 41.3 Å². The molecule has 0 unspecified atom stereocenters. The van der Waals surface area contributed by atoms with Crippen molar-refractivity contribution in [3.8, 4) is 11.5 Å². The van der Waals surface area contributed by atoms with Crippen LogP contribution in [-0.2, 0) is 19.3 Å². The predicted molar refractivity (Wildman–Crippen MR) is 104 cm³/mol. The molecule has 6 nitrogen and oxygen atoms in total. The summed E-state index contributed by atoms with van der Waals surface area (Å²) < 4.78 is 42.7. The lowest BCUT2D eigenvalue weighted by atomic mass is 10.2. The fourth-order valence-electron chi connectivity index (χ4n) is 1.91. The van der Waals surface area contributed by atoms with Gasteiger partial charge in [-0.3, -0.25) is 4.99 Å². The van der Waals surface area contributed by atoms with Gasteiger partial charge in [-0.1, -0.05) is 0 Å². The molecule has 0 atom stereocenters. The Labute approximate surface area is 169 Å². The Balaban J connectivity index is 0.00000338. The monoisotopic (exact) mass is 502 g/mol. The van der Waals surface area contributed by atoms with Crippen LogP contribution in [0.1, 0.15) is 16.3 Å². The number of hydrogen-bond donors (Lipinski definition) is 3. The topological polar surface area (TPSA) is 78.8 Å². The molecular formula is C15H18F3IN4O2S. The van der Waals surface area contributed by atoms with E-state index in [-0.39, 0.29) is 42.8 Å². The molecule has 26 heavy (non-hydrogen) atoms. The number of nitrogens with one attached hydrogen (secondary N) is 2. The maximum atomic E-state index is 12.5. The van der Waals surface area contributed by atoms with E-state index in [1.165, 1.54) is 20.2 Å². The van der Waals surface area contributed by atoms with E-state index < -0.39 is 11.9 Å². The smallest absolute Gasteiger partial charge is 0.434 e. The highest BCUT2D eigenvalue weighted by atomic mass is 127. The summed E-state index contributed by atoms with van der Waals surface area (Å²) in [5, 5.41) is 16.9. The number of aliphatic imine (C=N–C) groups is 1. The summed E-state index contributed by atoms with van der Waals surface area (Å²) in [4.78, 5) is 7.52. The van der Waals surface area contributed by atoms with Gasteiger partial charge in [0.15, 0.2) is 11.7 Å². The van der Waals surface area contributed by atoms with Crippen molar-refractivity contribution in [3.63, 3.8) is 0 Å². The predicted octanol–water partition coefficient (Wildman–Crippen LogP) is 3.36. The summed E-state index contributed by atoms with van der Waals surface area (Å²) >= 11 is 0.918. The lowest BCUT2D eigenvalue weighted by Crippen LogP contribution is -2.36. The number of ether oxygens (including phenoxy) is 1. The Morgan fingerprint density at radius 3 is 2.58 bits per heavy atom. The van der Waals surface area contributed by atoms with E-state index in [1.807, 2.05) is 0 Å². The van der Waals surface area contributed by atoms with Crippen LogP contribution in [0, 0.1) is 0 Å². The van der Waals surface area contributed by atoms with Crippen LogP contribution in [-0.4, -0.2) is 30.2 Å². The summed E-state index contributed by atoms with van der Waals surface area (Å²) in [6, 6.07) is 4.82. The first-order chi connectivity index (χ1) is 11.8. The Hall–Kier alpha value is -1.76. The highest BCUT2D eigenvalue weighted by Crippen LogP contribution is 2.29. The van der Waals surface area contributed by atoms with Crippen LogP contribution in [0.25, 0.3) is 0 Å². The normalized spacial score (nSPS) is 11.7. The van der Waals surface area contributed by atoms with Gasteiger partial charge in [0.1, 0.15) is 16.5 Å². The van der Waals surface area contributed by atoms with E-state index >= 15 is 0 Å². The third-order valence-corrected chi connectivity index (χ3v) is 4.05. The summed E-state index contributed by atoms with van der Waals surface area (Å²) in [6.07, 6.45) is -4.45. The molecule has 0 radical (unpaired) electrons. The minimum absolute atomic E-state index is 0. The van der Waals surface area contributed by atoms with E-state index in [0.717, 1.165) is 16.7 Å². The van der Waals surface area contributed by atoms with Crippen molar-refractivity contribution in [2.24, 2.45) is 4.99 Å².